The summed E-state index contributed by atoms with van der Waals surface area (Å²) in [6, 6.07) is 7.95. The number of nitrogen functional groups attached to an aromatic ring is 1. The van der Waals surface area contributed by atoms with E-state index in [0.29, 0.717) is 0 Å². The molecule has 1 aromatic heterocycles. The number of nitrogens with one attached hydrogen (secondary N) is 1. The first-order valence-electron chi connectivity index (χ1n) is 3.11. The molecule has 0 radical (unpaired) electrons. The molecule has 3 N–H and O–H groups in total. The van der Waals surface area contributed by atoms with Gasteiger partial charge in [0.15, 0.2) is 0 Å². The molecule has 0 saturated heterocycles. The maximum Gasteiger partial charge on any atom is 0.237 e. The smallest absolute Gasteiger partial charge is 0.183 e. The first-order valence-corrected chi connectivity index (χ1v) is 3.11. The molecular formula is C7H8N3+. The second kappa shape index (κ2) is 1.73. The molecule has 1 heterocycles. The average molecular weight is 134 g/mol. The van der Waals surface area contributed by atoms with Gasteiger partial charge in [0.2, 0.25) is 6.20 Å². The van der Waals surface area contributed by atoms with Gasteiger partial charge in [0, 0.05) is 0 Å². The molecule has 50 valence electrons. The van der Waals surface area contributed by atoms with Gasteiger partial charge in [-0.2, -0.15) is 5.84 Å². The van der Waals surface area contributed by atoms with E-state index in [2.05, 4.69) is 5.10 Å². The molecule has 2 rings (SSSR count). The summed E-state index contributed by atoms with van der Waals surface area (Å²) in [5.74, 6) is 5.45. The van der Waals surface area contributed by atoms with Gasteiger partial charge in [-0.3, -0.25) is 0 Å². The molecule has 0 spiro atoms. The van der Waals surface area contributed by atoms with Crippen molar-refractivity contribution < 1.29 is 4.79 Å². The number of benzene rings is 1. The van der Waals surface area contributed by atoms with Crippen LogP contribution < -0.4 is 10.6 Å². The standard InChI is InChI=1S/C7H7N3/c8-10-5-6-3-1-2-4-7(6)9-10/h1-5H,8H2/p+1. The van der Waals surface area contributed by atoms with Gasteiger partial charge < -0.3 is 0 Å². The molecule has 0 aliphatic rings. The van der Waals surface area contributed by atoms with Crippen LogP contribution in [0.25, 0.3) is 10.9 Å². The minimum absolute atomic E-state index is 1.06. The molecule has 10 heavy (non-hydrogen) atoms. The summed E-state index contributed by atoms with van der Waals surface area (Å²) in [6.07, 6.45) is 1.84. The third-order valence-electron chi connectivity index (χ3n) is 1.49. The first-order chi connectivity index (χ1) is 4.86. The third-order valence-corrected chi connectivity index (χ3v) is 1.49. The zero-order valence-electron chi connectivity index (χ0n) is 5.41. The van der Waals surface area contributed by atoms with Crippen molar-refractivity contribution in [2.45, 2.75) is 0 Å². The molecule has 0 unspecified atom stereocenters. The molecule has 0 aliphatic carbocycles. The van der Waals surface area contributed by atoms with E-state index in [4.69, 9.17) is 5.84 Å². The van der Waals surface area contributed by atoms with Crippen LogP contribution in [0, 0.1) is 0 Å². The van der Waals surface area contributed by atoms with E-state index in [1.807, 2.05) is 30.5 Å². The van der Waals surface area contributed by atoms with Crippen molar-refractivity contribution in [1.82, 2.24) is 5.10 Å². The van der Waals surface area contributed by atoms with Crippen LogP contribution in [0.15, 0.2) is 30.5 Å². The van der Waals surface area contributed by atoms with Crippen molar-refractivity contribution in [3.05, 3.63) is 30.5 Å². The van der Waals surface area contributed by atoms with E-state index in [0.717, 1.165) is 10.9 Å². The lowest BCUT2D eigenvalue weighted by Crippen LogP contribution is -2.45. The van der Waals surface area contributed by atoms with Crippen LogP contribution in [0.2, 0.25) is 0 Å². The lowest BCUT2D eigenvalue weighted by atomic mass is 10.3. The zero-order chi connectivity index (χ0) is 6.97. The van der Waals surface area contributed by atoms with Crippen LogP contribution in [0.3, 0.4) is 0 Å². The van der Waals surface area contributed by atoms with Gasteiger partial charge in [-0.15, -0.1) is 5.10 Å². The van der Waals surface area contributed by atoms with Gasteiger partial charge in [0.05, 0.1) is 5.39 Å². The molecule has 2 aromatic rings. The van der Waals surface area contributed by atoms with Crippen molar-refractivity contribution in [2.24, 2.45) is 0 Å². The van der Waals surface area contributed by atoms with Gasteiger partial charge in [-0.25, -0.2) is 0 Å². The number of nitrogens with zero attached hydrogens (tertiary/aromatic N) is 1. The number of para-hydroxylation sites is 1. The monoisotopic (exact) mass is 134 g/mol. The van der Waals surface area contributed by atoms with Crippen LogP contribution >= 0.6 is 0 Å². The molecule has 0 atom stereocenters. The molecule has 1 aromatic carbocycles. The quantitative estimate of drug-likeness (QED) is 0.391. The summed E-state index contributed by atoms with van der Waals surface area (Å²) in [6.45, 7) is 0. The van der Waals surface area contributed by atoms with Crippen molar-refractivity contribution in [3.63, 3.8) is 0 Å². The predicted octanol–water partition coefficient (Wildman–Crippen LogP) is 0.169. The fourth-order valence-electron chi connectivity index (χ4n) is 1.03. The molecular weight excluding hydrogens is 126 g/mol. The Hall–Kier alpha value is -1.51. The van der Waals surface area contributed by atoms with Crippen LogP contribution in [-0.4, -0.2) is 5.10 Å². The summed E-state index contributed by atoms with van der Waals surface area (Å²) in [5.41, 5.74) is 1.06. The van der Waals surface area contributed by atoms with Gasteiger partial charge in [0.25, 0.3) is 0 Å². The van der Waals surface area contributed by atoms with Gasteiger partial charge in [-0.05, 0) is 16.9 Å². The largest absolute Gasteiger partial charge is 0.237 e. The fourth-order valence-corrected chi connectivity index (χ4v) is 1.03. The zero-order valence-corrected chi connectivity index (χ0v) is 5.41. The number of hydrogen-bond acceptors (Lipinski definition) is 1. The molecule has 0 amide bonds. The maximum absolute atomic E-state index is 5.45. The number of rotatable bonds is 0. The van der Waals surface area contributed by atoms with E-state index in [1.165, 1.54) is 4.79 Å². The van der Waals surface area contributed by atoms with E-state index < -0.39 is 0 Å². The number of hydrogen-bond donors (Lipinski definition) is 2. The summed E-state index contributed by atoms with van der Waals surface area (Å²) in [4.78, 5) is 1.45. The van der Waals surface area contributed by atoms with E-state index in [-0.39, 0.29) is 0 Å². The van der Waals surface area contributed by atoms with Crippen molar-refractivity contribution in [1.29, 1.82) is 0 Å². The number of fused-ring (bicyclic) bond motifs is 1. The Balaban J connectivity index is 2.88. The average Bonchev–Trinajstić information content (AvgIpc) is 2.27. The summed E-state index contributed by atoms with van der Waals surface area (Å²) in [5, 5.41) is 4.08. The Morgan fingerprint density at radius 1 is 1.30 bits per heavy atom. The number of aromatic nitrogens is 2. The van der Waals surface area contributed by atoms with Gasteiger partial charge in [-0.1, -0.05) is 12.1 Å². The molecule has 3 nitrogen and oxygen atoms in total. The van der Waals surface area contributed by atoms with E-state index in [1.54, 1.807) is 0 Å². The lowest BCUT2D eigenvalue weighted by molar-refractivity contribution is -0.694. The number of H-pyrrole nitrogens is 1. The Morgan fingerprint density at radius 3 is 2.90 bits per heavy atom. The SMILES string of the molecule is N[n+]1cc2ccccc2[nH]1. The maximum atomic E-state index is 5.45. The van der Waals surface area contributed by atoms with Crippen molar-refractivity contribution in [2.75, 3.05) is 5.84 Å². The summed E-state index contributed by atoms with van der Waals surface area (Å²) >= 11 is 0. The fraction of sp³-hybridized carbons (Fsp3) is 0. The Morgan fingerprint density at radius 2 is 2.10 bits per heavy atom. The van der Waals surface area contributed by atoms with E-state index in [9.17, 15) is 0 Å². The highest BCUT2D eigenvalue weighted by Crippen LogP contribution is 2.05. The molecule has 0 aliphatic heterocycles. The van der Waals surface area contributed by atoms with Crippen LogP contribution in [0.1, 0.15) is 0 Å². The number of aromatic amines is 1. The number of nitrogens with two attached hydrogens (primary N) is 1. The van der Waals surface area contributed by atoms with Crippen molar-refractivity contribution in [3.8, 4) is 0 Å². The molecule has 0 saturated carbocycles. The Kier molecular flexibility index (Phi) is 0.917. The molecule has 3 heteroatoms. The summed E-state index contributed by atoms with van der Waals surface area (Å²) < 4.78 is 0. The van der Waals surface area contributed by atoms with Gasteiger partial charge >= 0.3 is 0 Å². The topological polar surface area (TPSA) is 45.7 Å². The normalized spacial score (nSPS) is 10.4. The highest BCUT2D eigenvalue weighted by molar-refractivity contribution is 5.76. The minimum Gasteiger partial charge on any atom is -0.183 e. The van der Waals surface area contributed by atoms with Crippen LogP contribution in [-0.2, 0) is 0 Å². The van der Waals surface area contributed by atoms with Crippen LogP contribution in [0.4, 0.5) is 0 Å². The Labute approximate surface area is 58.0 Å². The minimum atomic E-state index is 1.06. The van der Waals surface area contributed by atoms with Gasteiger partial charge in [0.1, 0.15) is 5.52 Å². The predicted molar refractivity (Wildman–Crippen MR) is 38.6 cm³/mol. The molecule has 0 bridgehead atoms. The summed E-state index contributed by atoms with van der Waals surface area (Å²) in [7, 11) is 0. The Bertz CT molecular complexity index is 317. The lowest BCUT2D eigenvalue weighted by Gasteiger charge is -1.77. The highest BCUT2D eigenvalue weighted by Gasteiger charge is 2.00. The second-order valence-electron chi connectivity index (χ2n) is 2.24. The van der Waals surface area contributed by atoms with Crippen molar-refractivity contribution >= 4 is 10.9 Å². The highest BCUT2D eigenvalue weighted by atomic mass is 15.5. The third kappa shape index (κ3) is 0.639. The van der Waals surface area contributed by atoms with Crippen LogP contribution in [0.5, 0.6) is 0 Å². The first kappa shape index (κ1) is 5.29. The van der Waals surface area contributed by atoms with E-state index >= 15 is 0 Å². The second-order valence-corrected chi connectivity index (χ2v) is 2.24. The molecule has 0 fully saturated rings.